The van der Waals surface area contributed by atoms with E-state index in [9.17, 15) is 39.0 Å². The molecule has 0 aliphatic carbocycles. The molecule has 1 aliphatic heterocycles. The highest BCUT2D eigenvalue weighted by Gasteiger charge is 2.45. The van der Waals surface area contributed by atoms with Crippen LogP contribution in [0.15, 0.2) is 48.6 Å². The molecule has 19 heteroatoms. The fourth-order valence-electron chi connectivity index (χ4n) is 2.88. The normalized spacial score (nSPS) is 17.1. The van der Waals surface area contributed by atoms with E-state index in [0.29, 0.717) is 12.7 Å². The Bertz CT molecular complexity index is 1350. The van der Waals surface area contributed by atoms with Crippen molar-refractivity contribution in [1.82, 2.24) is 0 Å². The van der Waals surface area contributed by atoms with Crippen LogP contribution in [0.4, 0.5) is 0 Å². The van der Waals surface area contributed by atoms with Gasteiger partial charge in [0.2, 0.25) is 0 Å². The summed E-state index contributed by atoms with van der Waals surface area (Å²) in [4.78, 5) is 65.7. The fraction of sp³-hybridized carbons (Fsp3) is 0.650. The Morgan fingerprint density at radius 2 is 0.966 bits per heavy atom. The minimum atomic E-state index is -2.17. The number of aliphatic hydroxyl groups is 3. The summed E-state index contributed by atoms with van der Waals surface area (Å²) in [5, 5.41) is 28.2. The van der Waals surface area contributed by atoms with Crippen LogP contribution in [0.1, 0.15) is 69.2 Å². The first kappa shape index (κ1) is 59.5. The van der Waals surface area contributed by atoms with Gasteiger partial charge in [-0.2, -0.15) is 0 Å². The average Bonchev–Trinajstić information content (AvgIpc) is 3.14. The Morgan fingerprint density at radius 3 is 1.32 bits per heavy atom. The highest BCUT2D eigenvalue weighted by molar-refractivity contribution is 6.17. The first-order valence-electron chi connectivity index (χ1n) is 17.9. The van der Waals surface area contributed by atoms with E-state index in [0.717, 1.165) is 6.61 Å². The lowest BCUT2D eigenvalue weighted by atomic mass is 9.99. The lowest BCUT2D eigenvalue weighted by Crippen LogP contribution is -2.57. The number of hydrogen-bond donors (Lipinski definition) is 3. The van der Waals surface area contributed by atoms with Crippen molar-refractivity contribution >= 4 is 47.0 Å². The third kappa shape index (κ3) is 35.8. The van der Waals surface area contributed by atoms with E-state index < -0.39 is 54.4 Å². The molecule has 0 spiro atoms. The van der Waals surface area contributed by atoms with Crippen molar-refractivity contribution in [3.63, 3.8) is 0 Å². The van der Waals surface area contributed by atoms with Crippen molar-refractivity contribution in [3.05, 3.63) is 48.6 Å². The van der Waals surface area contributed by atoms with Gasteiger partial charge in [-0.05, 0) is 38.5 Å². The number of carbonyl (C=O) groups excluding carboxylic acids is 6. The first-order valence-corrected chi connectivity index (χ1v) is 18.4. The molecular formula is C40H65ClO18. The van der Waals surface area contributed by atoms with E-state index in [1.165, 1.54) is 27.7 Å². The standard InChI is InChI=1S/C14H20O8.C13H22O5.C7H10O4.C6H13ClO/c1-9(2)11(15)19-5-13(17)6-21-14(18,22-7-13)8-20-12(16)10(3)4;1-10(2)12(15)18-7-11(14)6-16-9-17-8-13(3,4)5;1-5(2)7(10)11-4-6(9)3-8;1-6(2,3)4-8-5-7/h17-18H,1,3,5-8H2,2,4H3;1,6-9H2,2-5H3;8H,1,3-4H2,2H3;4-5H2,1-3H3. The van der Waals surface area contributed by atoms with Gasteiger partial charge < -0.3 is 58.0 Å². The molecule has 0 saturated carbocycles. The summed E-state index contributed by atoms with van der Waals surface area (Å²) in [6.07, 6.45) is 0. The monoisotopic (exact) mass is 868 g/mol. The highest BCUT2D eigenvalue weighted by atomic mass is 35.5. The topological polar surface area (TPSA) is 246 Å². The highest BCUT2D eigenvalue weighted by Crippen LogP contribution is 2.23. The lowest BCUT2D eigenvalue weighted by molar-refractivity contribution is -0.420. The van der Waals surface area contributed by atoms with Crippen LogP contribution < -0.4 is 0 Å². The maximum absolute atomic E-state index is 11.3. The molecule has 0 aromatic heterocycles. The Balaban J connectivity index is -0.000000759. The Kier molecular flexibility index (Phi) is 30.5. The number of Topliss-reactive ketones (excluding diaryl/α,β-unsaturated/α-hetero) is 2. The molecule has 0 bridgehead atoms. The molecule has 1 fully saturated rings. The SMILES string of the molecule is C=C(C)C(=O)OCC(=O)CO.C=C(C)C(=O)OCC(=O)COCOCC(C)(C)C.C=C(C)C(=O)OCC1(O)COC(O)(COC(=O)C(=C)C)OC1.CC(C)(C)COCCl. The molecule has 0 aromatic rings. The van der Waals surface area contributed by atoms with Crippen LogP contribution in [0.2, 0.25) is 0 Å². The van der Waals surface area contributed by atoms with Crippen molar-refractivity contribution in [3.8, 4) is 0 Å². The third-order valence-corrected chi connectivity index (χ3v) is 6.02. The maximum Gasteiger partial charge on any atom is 0.333 e. The lowest BCUT2D eigenvalue weighted by Gasteiger charge is -2.39. The number of esters is 4. The van der Waals surface area contributed by atoms with Crippen LogP contribution in [-0.2, 0) is 71.4 Å². The second kappa shape index (κ2) is 30.2. The smallest absolute Gasteiger partial charge is 0.333 e. The number of aliphatic hydroxyl groups excluding tert-OH is 1. The molecule has 0 atom stereocenters. The van der Waals surface area contributed by atoms with Crippen molar-refractivity contribution in [1.29, 1.82) is 0 Å². The van der Waals surface area contributed by atoms with Gasteiger partial charge in [0, 0.05) is 22.3 Å². The van der Waals surface area contributed by atoms with Crippen LogP contribution in [0.3, 0.4) is 0 Å². The summed E-state index contributed by atoms with van der Waals surface area (Å²) in [5.41, 5.74) is -0.477. The van der Waals surface area contributed by atoms with Gasteiger partial charge in [-0.1, -0.05) is 79.5 Å². The molecule has 0 unspecified atom stereocenters. The molecule has 0 aromatic carbocycles. The zero-order chi connectivity index (χ0) is 46.6. The second-order valence-electron chi connectivity index (χ2n) is 15.6. The summed E-state index contributed by atoms with van der Waals surface area (Å²) in [6.45, 7) is 30.0. The van der Waals surface area contributed by atoms with Gasteiger partial charge in [-0.25, -0.2) is 19.2 Å². The molecule has 1 saturated heterocycles. The van der Waals surface area contributed by atoms with E-state index in [2.05, 4.69) is 56.6 Å². The van der Waals surface area contributed by atoms with E-state index in [4.69, 9.17) is 49.9 Å². The van der Waals surface area contributed by atoms with Crippen molar-refractivity contribution < 1.29 is 86.7 Å². The van der Waals surface area contributed by atoms with Crippen LogP contribution >= 0.6 is 11.6 Å². The van der Waals surface area contributed by atoms with Gasteiger partial charge in [0.15, 0.2) is 31.4 Å². The molecule has 3 N–H and O–H groups in total. The minimum Gasteiger partial charge on any atom is -0.459 e. The van der Waals surface area contributed by atoms with E-state index in [-0.39, 0.29) is 85.3 Å². The van der Waals surface area contributed by atoms with Gasteiger partial charge >= 0.3 is 29.9 Å². The van der Waals surface area contributed by atoms with Crippen LogP contribution in [0, 0.1) is 10.8 Å². The van der Waals surface area contributed by atoms with Crippen molar-refractivity contribution in [2.24, 2.45) is 10.8 Å². The van der Waals surface area contributed by atoms with E-state index in [1.54, 1.807) is 0 Å². The third-order valence-electron chi connectivity index (χ3n) is 5.87. The predicted octanol–water partition coefficient (Wildman–Crippen LogP) is 3.27. The zero-order valence-corrected chi connectivity index (χ0v) is 36.9. The van der Waals surface area contributed by atoms with Gasteiger partial charge in [-0.3, -0.25) is 9.59 Å². The summed E-state index contributed by atoms with van der Waals surface area (Å²) >= 11 is 5.29. The molecule has 59 heavy (non-hydrogen) atoms. The fourth-order valence-corrected chi connectivity index (χ4v) is 2.96. The first-order chi connectivity index (χ1) is 26.9. The maximum atomic E-state index is 11.3. The Hall–Kier alpha value is -3.85. The summed E-state index contributed by atoms with van der Waals surface area (Å²) < 4.78 is 43.7. The molecule has 1 rings (SSSR count). The molecule has 0 radical (unpaired) electrons. The number of hydrogen-bond acceptors (Lipinski definition) is 18. The van der Waals surface area contributed by atoms with Crippen molar-refractivity contribution in [2.45, 2.75) is 80.8 Å². The molecule has 340 valence electrons. The van der Waals surface area contributed by atoms with Gasteiger partial charge in [0.05, 0.1) is 26.4 Å². The van der Waals surface area contributed by atoms with E-state index >= 15 is 0 Å². The summed E-state index contributed by atoms with van der Waals surface area (Å²) in [7, 11) is 0. The molecule has 18 nitrogen and oxygen atoms in total. The summed E-state index contributed by atoms with van der Waals surface area (Å²) in [5.74, 6) is -5.58. The summed E-state index contributed by atoms with van der Waals surface area (Å²) in [6, 6.07) is 0.303. The molecular weight excluding hydrogens is 804 g/mol. The number of carbonyl (C=O) groups is 6. The average molecular weight is 869 g/mol. The van der Waals surface area contributed by atoms with Crippen LogP contribution in [0.25, 0.3) is 0 Å². The number of rotatable bonds is 20. The van der Waals surface area contributed by atoms with Crippen molar-refractivity contribution in [2.75, 3.05) is 78.9 Å². The molecule has 0 amide bonds. The van der Waals surface area contributed by atoms with Gasteiger partial charge in [0.25, 0.3) is 0 Å². The molecule has 1 aliphatic rings. The van der Waals surface area contributed by atoms with Gasteiger partial charge in [-0.15, -0.1) is 0 Å². The largest absolute Gasteiger partial charge is 0.459 e. The number of alkyl halides is 1. The second-order valence-corrected chi connectivity index (χ2v) is 15.8. The van der Waals surface area contributed by atoms with Crippen LogP contribution in [-0.4, -0.2) is 141 Å². The molecule has 1 heterocycles. The number of ether oxygens (including phenoxy) is 9. The number of halogens is 1. The van der Waals surface area contributed by atoms with Gasteiger partial charge in [0.1, 0.15) is 38.3 Å². The number of ketones is 2. The Morgan fingerprint density at radius 1 is 0.593 bits per heavy atom. The quantitative estimate of drug-likeness (QED) is 0.0397. The zero-order valence-electron chi connectivity index (χ0n) is 36.2. The predicted molar refractivity (Wildman–Crippen MR) is 214 cm³/mol. The van der Waals surface area contributed by atoms with E-state index in [1.807, 2.05) is 20.8 Å². The van der Waals surface area contributed by atoms with Crippen LogP contribution in [0.5, 0.6) is 0 Å². The minimum absolute atomic E-state index is 0.0530. The Labute approximate surface area is 352 Å².